The molecule has 0 atom stereocenters. The molecule has 2 aromatic rings. The molecular formula is C18H24N4O3. The first-order chi connectivity index (χ1) is 11.8. The average Bonchev–Trinajstić information content (AvgIpc) is 2.94. The minimum absolute atomic E-state index is 0.0733. The Hall–Kier alpha value is -2.67. The topological polar surface area (TPSA) is 87.5 Å². The Balaban J connectivity index is 1.86. The van der Waals surface area contributed by atoms with Crippen LogP contribution in [0.15, 0.2) is 34.9 Å². The third-order valence-electron chi connectivity index (χ3n) is 3.40. The Morgan fingerprint density at radius 1 is 1.16 bits per heavy atom. The van der Waals surface area contributed by atoms with Gasteiger partial charge in [0, 0.05) is 17.7 Å². The van der Waals surface area contributed by atoms with Crippen LogP contribution < -0.4 is 10.6 Å². The van der Waals surface area contributed by atoms with Gasteiger partial charge in [-0.1, -0.05) is 35.0 Å². The van der Waals surface area contributed by atoms with Crippen LogP contribution in [0.3, 0.4) is 0 Å². The summed E-state index contributed by atoms with van der Waals surface area (Å²) in [7, 11) is 1.71. The van der Waals surface area contributed by atoms with Crippen molar-refractivity contribution in [2.24, 2.45) is 0 Å². The van der Waals surface area contributed by atoms with Gasteiger partial charge in [0.2, 0.25) is 17.7 Å². The summed E-state index contributed by atoms with van der Waals surface area (Å²) in [5, 5.41) is 9.39. The van der Waals surface area contributed by atoms with Crippen molar-refractivity contribution >= 4 is 17.7 Å². The quantitative estimate of drug-likeness (QED) is 0.803. The lowest BCUT2D eigenvalue weighted by atomic mass is 10.1. The number of likely N-dealkylation sites (N-methyl/N-ethyl adjacent to an activating group) is 1. The Morgan fingerprint density at radius 2 is 1.80 bits per heavy atom. The molecule has 0 saturated carbocycles. The number of hydrogen-bond acceptors (Lipinski definition) is 5. The lowest BCUT2D eigenvalue weighted by molar-refractivity contribution is -0.123. The van der Waals surface area contributed by atoms with Gasteiger partial charge < -0.3 is 9.84 Å². The highest BCUT2D eigenvalue weighted by atomic mass is 16.5. The van der Waals surface area contributed by atoms with Gasteiger partial charge in [0.25, 0.3) is 0 Å². The molecule has 0 aliphatic heterocycles. The lowest BCUT2D eigenvalue weighted by Gasteiger charge is -2.16. The molecule has 2 N–H and O–H groups in total. The maximum absolute atomic E-state index is 12.0. The fraction of sp³-hybridized carbons (Fsp3) is 0.389. The number of anilines is 1. The zero-order valence-corrected chi connectivity index (χ0v) is 15.0. The average molecular weight is 344 g/mol. The van der Waals surface area contributed by atoms with E-state index in [1.807, 2.05) is 45.0 Å². The van der Waals surface area contributed by atoms with Crippen LogP contribution >= 0.6 is 0 Å². The predicted molar refractivity (Wildman–Crippen MR) is 96.1 cm³/mol. The SMILES string of the molecule is Cc1ccc(-c2cc(NC(=O)CN(C)CC(=O)NC(C)C)on2)cc1. The Kier molecular flexibility index (Phi) is 6.30. The van der Waals surface area contributed by atoms with E-state index in [2.05, 4.69) is 15.8 Å². The van der Waals surface area contributed by atoms with E-state index in [-0.39, 0.29) is 36.8 Å². The fourth-order valence-corrected chi connectivity index (χ4v) is 2.29. The summed E-state index contributed by atoms with van der Waals surface area (Å²) in [6, 6.07) is 9.61. The lowest BCUT2D eigenvalue weighted by Crippen LogP contribution is -2.41. The molecule has 0 saturated heterocycles. The first-order valence-corrected chi connectivity index (χ1v) is 8.15. The summed E-state index contributed by atoms with van der Waals surface area (Å²) in [6.45, 7) is 6.01. The monoisotopic (exact) mass is 344 g/mol. The van der Waals surface area contributed by atoms with Gasteiger partial charge in [0.05, 0.1) is 13.1 Å². The van der Waals surface area contributed by atoms with Crippen molar-refractivity contribution in [3.05, 3.63) is 35.9 Å². The number of rotatable bonds is 7. The molecule has 0 fully saturated rings. The molecule has 1 aromatic carbocycles. The third kappa shape index (κ3) is 6.04. The maximum atomic E-state index is 12.0. The van der Waals surface area contributed by atoms with Gasteiger partial charge in [0.15, 0.2) is 0 Å². The number of carbonyl (C=O) groups excluding carboxylic acids is 2. The molecule has 2 amide bonds. The highest BCUT2D eigenvalue weighted by Crippen LogP contribution is 2.21. The molecule has 0 bridgehead atoms. The van der Waals surface area contributed by atoms with Crippen molar-refractivity contribution in [1.29, 1.82) is 0 Å². The molecule has 1 heterocycles. The van der Waals surface area contributed by atoms with Crippen LogP contribution in [0.2, 0.25) is 0 Å². The van der Waals surface area contributed by atoms with Gasteiger partial charge in [0.1, 0.15) is 5.69 Å². The van der Waals surface area contributed by atoms with Gasteiger partial charge in [-0.25, -0.2) is 0 Å². The third-order valence-corrected chi connectivity index (χ3v) is 3.40. The first kappa shape index (κ1) is 18.7. The summed E-state index contributed by atoms with van der Waals surface area (Å²) in [5.74, 6) is -0.112. The van der Waals surface area contributed by atoms with Crippen molar-refractivity contribution < 1.29 is 14.1 Å². The van der Waals surface area contributed by atoms with Crippen molar-refractivity contribution in [2.45, 2.75) is 26.8 Å². The summed E-state index contributed by atoms with van der Waals surface area (Å²) < 4.78 is 5.16. The fourth-order valence-electron chi connectivity index (χ4n) is 2.29. The molecule has 7 nitrogen and oxygen atoms in total. The van der Waals surface area contributed by atoms with E-state index in [0.717, 1.165) is 11.1 Å². The number of benzene rings is 1. The summed E-state index contributed by atoms with van der Waals surface area (Å²) in [5.41, 5.74) is 2.72. The number of amides is 2. The normalized spacial score (nSPS) is 11.0. The summed E-state index contributed by atoms with van der Waals surface area (Å²) in [6.07, 6.45) is 0. The molecule has 7 heteroatoms. The molecule has 1 aromatic heterocycles. The van der Waals surface area contributed by atoms with Crippen LogP contribution in [0, 0.1) is 6.92 Å². The van der Waals surface area contributed by atoms with Crippen molar-refractivity contribution in [2.75, 3.05) is 25.5 Å². The summed E-state index contributed by atoms with van der Waals surface area (Å²) >= 11 is 0. The van der Waals surface area contributed by atoms with Gasteiger partial charge in [-0.15, -0.1) is 0 Å². The van der Waals surface area contributed by atoms with Crippen LogP contribution in [0.5, 0.6) is 0 Å². The zero-order chi connectivity index (χ0) is 18.4. The highest BCUT2D eigenvalue weighted by molar-refractivity contribution is 5.91. The van der Waals surface area contributed by atoms with Gasteiger partial charge in [-0.3, -0.25) is 19.8 Å². The van der Waals surface area contributed by atoms with Crippen molar-refractivity contribution in [1.82, 2.24) is 15.4 Å². The second kappa shape index (κ2) is 8.43. The highest BCUT2D eigenvalue weighted by Gasteiger charge is 2.14. The Morgan fingerprint density at radius 3 is 2.44 bits per heavy atom. The van der Waals surface area contributed by atoms with Crippen LogP contribution in [-0.4, -0.2) is 48.0 Å². The minimum Gasteiger partial charge on any atom is -0.353 e. The van der Waals surface area contributed by atoms with E-state index in [1.54, 1.807) is 18.0 Å². The van der Waals surface area contributed by atoms with Crippen molar-refractivity contribution in [3.8, 4) is 11.3 Å². The first-order valence-electron chi connectivity index (χ1n) is 8.15. The van der Waals surface area contributed by atoms with E-state index in [9.17, 15) is 9.59 Å². The number of hydrogen-bond donors (Lipinski definition) is 2. The largest absolute Gasteiger partial charge is 0.353 e. The van der Waals surface area contributed by atoms with Crippen LogP contribution in [0.25, 0.3) is 11.3 Å². The molecular weight excluding hydrogens is 320 g/mol. The molecule has 134 valence electrons. The maximum Gasteiger partial charge on any atom is 0.240 e. The van der Waals surface area contributed by atoms with E-state index in [4.69, 9.17) is 4.52 Å². The van der Waals surface area contributed by atoms with Gasteiger partial charge in [-0.2, -0.15) is 0 Å². The predicted octanol–water partition coefficient (Wildman–Crippen LogP) is 2.04. The molecule has 0 aliphatic rings. The molecule has 0 unspecified atom stereocenters. The molecule has 25 heavy (non-hydrogen) atoms. The number of aryl methyl sites for hydroxylation is 1. The van der Waals surface area contributed by atoms with Crippen molar-refractivity contribution in [3.63, 3.8) is 0 Å². The number of carbonyl (C=O) groups is 2. The minimum atomic E-state index is -0.272. The number of nitrogens with one attached hydrogen (secondary N) is 2. The number of nitrogens with zero attached hydrogens (tertiary/aromatic N) is 2. The summed E-state index contributed by atoms with van der Waals surface area (Å²) in [4.78, 5) is 25.3. The van der Waals surface area contributed by atoms with E-state index >= 15 is 0 Å². The van der Waals surface area contributed by atoms with E-state index in [0.29, 0.717) is 5.69 Å². The molecule has 0 radical (unpaired) electrons. The van der Waals surface area contributed by atoms with Crippen LogP contribution in [-0.2, 0) is 9.59 Å². The standard InChI is InChI=1S/C18H24N4O3/c1-12(2)19-16(23)10-22(4)11-17(24)20-18-9-15(21-25-18)14-7-5-13(3)6-8-14/h5-9,12H,10-11H2,1-4H3,(H,19,23)(H,20,24). The van der Waals surface area contributed by atoms with Crippen LogP contribution in [0.4, 0.5) is 5.88 Å². The van der Waals surface area contributed by atoms with Gasteiger partial charge in [-0.05, 0) is 27.8 Å². The van der Waals surface area contributed by atoms with Crippen LogP contribution in [0.1, 0.15) is 19.4 Å². The molecule has 0 spiro atoms. The molecule has 0 aliphatic carbocycles. The molecule has 2 rings (SSSR count). The second-order valence-corrected chi connectivity index (χ2v) is 6.39. The van der Waals surface area contributed by atoms with Gasteiger partial charge >= 0.3 is 0 Å². The smallest absolute Gasteiger partial charge is 0.240 e. The Labute approximate surface area is 147 Å². The van der Waals surface area contributed by atoms with E-state index < -0.39 is 0 Å². The number of aromatic nitrogens is 1. The zero-order valence-electron chi connectivity index (χ0n) is 15.0. The Bertz CT molecular complexity index is 722. The second-order valence-electron chi connectivity index (χ2n) is 6.39. The van der Waals surface area contributed by atoms with E-state index in [1.165, 1.54) is 0 Å².